The van der Waals surface area contributed by atoms with Crippen molar-refractivity contribution >= 4 is 17.8 Å². The molecule has 77 heavy (non-hydrogen) atoms. The van der Waals surface area contributed by atoms with Crippen LogP contribution in [0.25, 0.3) is 0 Å². The van der Waals surface area contributed by atoms with E-state index in [0.717, 1.165) is 32.7 Å². The molecule has 11 rings (SSSR count). The molecule has 2 fully saturated rings. The number of amides is 2. The molecule has 0 N–H and O–H groups in total. The lowest BCUT2D eigenvalue weighted by Crippen LogP contribution is -2.69. The van der Waals surface area contributed by atoms with E-state index in [2.05, 4.69) is 0 Å². The number of hydrogen-bond acceptors (Lipinski definition) is 13. The van der Waals surface area contributed by atoms with Gasteiger partial charge in [0.15, 0.2) is 18.7 Å². The summed E-state index contributed by atoms with van der Waals surface area (Å²) in [6.45, 7) is 0.626. The molecule has 2 saturated heterocycles. The lowest BCUT2D eigenvalue weighted by atomic mass is 9.93. The zero-order chi connectivity index (χ0) is 52.3. The number of hydrogen-bond donors (Lipinski definition) is 0. The number of ether oxygens (including phenoxy) is 10. The largest absolute Gasteiger partial charge is 0.453 e. The van der Waals surface area contributed by atoms with E-state index >= 15 is 4.79 Å². The van der Waals surface area contributed by atoms with Gasteiger partial charge in [-0.1, -0.05) is 182 Å². The summed E-state index contributed by atoms with van der Waals surface area (Å²) in [7, 11) is 0. The summed E-state index contributed by atoms with van der Waals surface area (Å²) in [5.74, 6) is -1.99. The molecule has 0 bridgehead atoms. The number of rotatable bonds is 18. The molecule has 2 amide bonds. The van der Waals surface area contributed by atoms with Crippen LogP contribution in [0.3, 0.4) is 0 Å². The molecular weight excluding hydrogens is 979 g/mol. The molecule has 14 nitrogen and oxygen atoms in total. The fourth-order valence-electron chi connectivity index (χ4n) is 10.3. The van der Waals surface area contributed by atoms with Crippen LogP contribution in [0.5, 0.6) is 0 Å². The molecule has 0 radical (unpaired) electrons. The third-order valence-corrected chi connectivity index (χ3v) is 14.1. The predicted octanol–water partition coefficient (Wildman–Crippen LogP) is 9.43. The Hall–Kier alpha value is -7.21. The number of fused-ring (bicyclic) bond motifs is 4. The molecule has 14 heteroatoms. The standard InChI is InChI=1S/C63H59NO13/c65-59-49-32-18-19-33-50(49)60(66)64(59)53-56-55(52(41-69-35-43-22-8-2-9-23-43)74-62(53)73-38-46-28-14-5-15-29-46)77-63-58(72-39-47-30-16-17-31-48(47)61(67)76-56)57(71-37-45-26-12-4-13-27-45)54(70-36-44-24-10-3-11-25-44)51(75-63)40-68-34-42-20-6-1-7-21-42/h1-33,51-58,62-63H,34-41H2/t51-,52-,53-,54-,55-,56-,57+,58-,62-,63-/m1/s1. The van der Waals surface area contributed by atoms with Crippen molar-refractivity contribution in [2.24, 2.45) is 0 Å². The lowest BCUT2D eigenvalue weighted by molar-refractivity contribution is -0.365. The molecular formula is C63H59NO13. The van der Waals surface area contributed by atoms with Crippen molar-refractivity contribution in [1.29, 1.82) is 0 Å². The topological polar surface area (TPSA) is 147 Å². The Morgan fingerprint density at radius 3 is 1.39 bits per heavy atom. The van der Waals surface area contributed by atoms with Gasteiger partial charge in [-0.25, -0.2) is 4.79 Å². The van der Waals surface area contributed by atoms with E-state index in [1.54, 1.807) is 42.5 Å². The number of esters is 1. The molecule has 4 aliphatic heterocycles. The molecule has 0 unspecified atom stereocenters. The Kier molecular flexibility index (Phi) is 16.7. The van der Waals surface area contributed by atoms with Crippen LogP contribution in [0.15, 0.2) is 200 Å². The van der Waals surface area contributed by atoms with Gasteiger partial charge in [0.2, 0.25) is 0 Å². The van der Waals surface area contributed by atoms with Crippen molar-refractivity contribution in [3.05, 3.63) is 250 Å². The van der Waals surface area contributed by atoms with E-state index in [9.17, 15) is 9.59 Å². The first kappa shape index (κ1) is 51.9. The van der Waals surface area contributed by atoms with Gasteiger partial charge in [-0.3, -0.25) is 14.5 Å². The van der Waals surface area contributed by atoms with Gasteiger partial charge in [0.05, 0.1) is 69.5 Å². The smallest absolute Gasteiger partial charge is 0.338 e. The summed E-state index contributed by atoms with van der Waals surface area (Å²) in [4.78, 5) is 45.8. The number of benzene rings is 7. The first-order valence-corrected chi connectivity index (χ1v) is 26.0. The van der Waals surface area contributed by atoms with Crippen molar-refractivity contribution in [2.45, 2.75) is 101 Å². The number of nitrogens with zero attached hydrogens (tertiary/aromatic N) is 1. The van der Waals surface area contributed by atoms with Crippen LogP contribution < -0.4 is 0 Å². The average molecular weight is 1040 g/mol. The minimum absolute atomic E-state index is 0.00884. The van der Waals surface area contributed by atoms with Crippen LogP contribution in [0.2, 0.25) is 0 Å². The highest BCUT2D eigenvalue weighted by Gasteiger charge is 2.59. The van der Waals surface area contributed by atoms with Crippen LogP contribution >= 0.6 is 0 Å². The van der Waals surface area contributed by atoms with E-state index in [4.69, 9.17) is 47.4 Å². The van der Waals surface area contributed by atoms with Gasteiger partial charge in [-0.2, -0.15) is 0 Å². The number of carbonyl (C=O) groups is 3. The quantitative estimate of drug-likeness (QED) is 0.0595. The fraction of sp³-hybridized carbons (Fsp3) is 0.286. The highest BCUT2D eigenvalue weighted by Crippen LogP contribution is 2.40. The molecule has 4 heterocycles. The monoisotopic (exact) mass is 1040 g/mol. The maximum atomic E-state index is 15.1. The molecule has 10 atom stereocenters. The van der Waals surface area contributed by atoms with Gasteiger partial charge in [-0.15, -0.1) is 0 Å². The normalized spacial score (nSPS) is 25.1. The van der Waals surface area contributed by atoms with Crippen molar-refractivity contribution < 1.29 is 61.8 Å². The Bertz CT molecular complexity index is 3010. The second kappa shape index (κ2) is 24.8. The lowest BCUT2D eigenvalue weighted by Gasteiger charge is -2.50. The maximum Gasteiger partial charge on any atom is 0.338 e. The van der Waals surface area contributed by atoms with Crippen LogP contribution in [0.4, 0.5) is 0 Å². The zero-order valence-corrected chi connectivity index (χ0v) is 42.2. The van der Waals surface area contributed by atoms with Crippen molar-refractivity contribution in [2.75, 3.05) is 13.2 Å². The highest BCUT2D eigenvalue weighted by molar-refractivity contribution is 6.21. The summed E-state index contributed by atoms with van der Waals surface area (Å²) in [5.41, 5.74) is 5.53. The van der Waals surface area contributed by atoms with Crippen LogP contribution in [0.1, 0.15) is 64.5 Å². The fourth-order valence-corrected chi connectivity index (χ4v) is 10.3. The second-order valence-corrected chi connectivity index (χ2v) is 19.3. The van der Waals surface area contributed by atoms with Crippen LogP contribution in [0, 0.1) is 0 Å². The molecule has 0 aliphatic carbocycles. The highest BCUT2D eigenvalue weighted by atomic mass is 16.8. The third kappa shape index (κ3) is 12.2. The van der Waals surface area contributed by atoms with E-state index in [-0.39, 0.29) is 69.5 Å². The summed E-state index contributed by atoms with van der Waals surface area (Å²) >= 11 is 0. The first-order chi connectivity index (χ1) is 37.9. The summed E-state index contributed by atoms with van der Waals surface area (Å²) < 4.78 is 68.9. The van der Waals surface area contributed by atoms with Gasteiger partial charge in [-0.05, 0) is 51.6 Å². The molecule has 7 aromatic rings. The Balaban J connectivity index is 1.03. The number of carbonyl (C=O) groups excluding carboxylic acids is 3. The maximum absolute atomic E-state index is 15.1. The minimum atomic E-state index is -1.47. The summed E-state index contributed by atoms with van der Waals surface area (Å²) in [6, 6.07) is 60.7. The molecule has 7 aromatic carbocycles. The van der Waals surface area contributed by atoms with E-state index in [0.29, 0.717) is 5.56 Å². The van der Waals surface area contributed by atoms with Gasteiger partial charge >= 0.3 is 5.97 Å². The van der Waals surface area contributed by atoms with Gasteiger partial charge in [0.1, 0.15) is 42.7 Å². The molecule has 0 aromatic heterocycles. The molecule has 4 aliphatic rings. The second-order valence-electron chi connectivity index (χ2n) is 19.3. The average Bonchev–Trinajstić information content (AvgIpc) is 3.85. The summed E-state index contributed by atoms with van der Waals surface area (Å²) in [5, 5.41) is 0. The zero-order valence-electron chi connectivity index (χ0n) is 42.2. The predicted molar refractivity (Wildman–Crippen MR) is 281 cm³/mol. The Morgan fingerprint density at radius 2 is 0.857 bits per heavy atom. The van der Waals surface area contributed by atoms with Gasteiger partial charge in [0, 0.05) is 0 Å². The van der Waals surface area contributed by atoms with E-state index in [1.807, 2.05) is 158 Å². The first-order valence-electron chi connectivity index (χ1n) is 26.0. The van der Waals surface area contributed by atoms with E-state index < -0.39 is 79.1 Å². The number of imide groups is 1. The van der Waals surface area contributed by atoms with Gasteiger partial charge in [0.25, 0.3) is 11.8 Å². The molecule has 0 spiro atoms. The molecule has 394 valence electrons. The van der Waals surface area contributed by atoms with Crippen molar-refractivity contribution in [3.63, 3.8) is 0 Å². The Morgan fingerprint density at radius 1 is 0.416 bits per heavy atom. The molecule has 0 saturated carbocycles. The third-order valence-electron chi connectivity index (χ3n) is 14.1. The van der Waals surface area contributed by atoms with Crippen molar-refractivity contribution in [3.8, 4) is 0 Å². The van der Waals surface area contributed by atoms with Gasteiger partial charge < -0.3 is 47.4 Å². The minimum Gasteiger partial charge on any atom is -0.453 e. The SMILES string of the molecule is O=C1O[C@H]2[C@H](O[C@H]3O[C@H](COCc4ccccc4)[C@@H](OCc4ccccc4)[C@H](OCc4ccccc4)[C@H]3OCc3ccccc31)[C@@H](COCc1ccccc1)O[C@@H](OCc1ccccc1)[C@@H]2N1C(=O)c2ccccc2C1=O. The Labute approximate surface area is 447 Å². The van der Waals surface area contributed by atoms with Crippen molar-refractivity contribution in [1.82, 2.24) is 4.90 Å². The summed E-state index contributed by atoms with van der Waals surface area (Å²) in [6.07, 6.45) is -10.2. The van der Waals surface area contributed by atoms with E-state index in [1.165, 1.54) is 0 Å². The van der Waals surface area contributed by atoms with Crippen LogP contribution in [-0.2, 0) is 87.0 Å². The van der Waals surface area contributed by atoms with Crippen LogP contribution in [-0.4, -0.2) is 97.2 Å².